The number of phenolic OH excluding ortho intramolecular Hbond substituents is 1. The van der Waals surface area contributed by atoms with Crippen LogP contribution in [0.5, 0.6) is 5.75 Å². The lowest BCUT2D eigenvalue weighted by atomic mass is 9.86. The number of phenols is 1. The zero-order chi connectivity index (χ0) is 42.0. The normalized spacial score (nSPS) is 11.8. The van der Waals surface area contributed by atoms with Crippen molar-refractivity contribution in [1.82, 2.24) is 14.5 Å². The fourth-order valence-corrected chi connectivity index (χ4v) is 9.46. The minimum absolute atomic E-state index is 0.0122. The maximum atomic E-state index is 11.3. The fourth-order valence-electron chi connectivity index (χ4n) is 9.46. The Morgan fingerprint density at radius 3 is 1.68 bits per heavy atom. The molecule has 4 nitrogen and oxygen atoms in total. The molecule has 0 bridgehead atoms. The Bertz CT molecular complexity index is 3090. The van der Waals surface area contributed by atoms with Gasteiger partial charge in [0.1, 0.15) is 11.6 Å². The Morgan fingerprint density at radius 2 is 1.07 bits per heavy atom. The molecular formula is C56H51N3O. The molecule has 60 heavy (non-hydrogen) atoms. The van der Waals surface area contributed by atoms with Crippen LogP contribution in [0.2, 0.25) is 0 Å². The average molecular weight is 782 g/mol. The molecule has 0 radical (unpaired) electrons. The van der Waals surface area contributed by atoms with Crippen molar-refractivity contribution in [3.8, 4) is 67.3 Å². The van der Waals surface area contributed by atoms with E-state index >= 15 is 0 Å². The summed E-state index contributed by atoms with van der Waals surface area (Å²) in [5, 5.41) is 12.4. The van der Waals surface area contributed by atoms with Crippen LogP contribution < -0.4 is 0 Å². The molecular weight excluding hydrogens is 731 g/mol. The van der Waals surface area contributed by atoms with E-state index in [2.05, 4.69) is 170 Å². The number of aryl methyl sites for hydroxylation is 6. The highest BCUT2D eigenvalue weighted by Gasteiger charge is 2.22. The first kappa shape index (κ1) is 38.7. The number of hydrogen-bond donors (Lipinski definition) is 1. The van der Waals surface area contributed by atoms with Crippen molar-refractivity contribution in [3.63, 3.8) is 0 Å². The quantitative estimate of drug-likeness (QED) is 0.183. The molecule has 296 valence electrons. The molecule has 0 amide bonds. The third-order valence-electron chi connectivity index (χ3n) is 12.0. The second kappa shape index (κ2) is 14.8. The van der Waals surface area contributed by atoms with Crippen molar-refractivity contribution in [2.75, 3.05) is 0 Å². The van der Waals surface area contributed by atoms with Crippen LogP contribution in [0, 0.1) is 41.5 Å². The Balaban J connectivity index is 1.34. The van der Waals surface area contributed by atoms with Gasteiger partial charge in [-0.15, -0.1) is 0 Å². The van der Waals surface area contributed by atoms with Gasteiger partial charge in [0.2, 0.25) is 0 Å². The largest absolute Gasteiger partial charge is 0.507 e. The average Bonchev–Trinajstić information content (AvgIpc) is 3.59. The molecule has 1 N–H and O–H groups in total. The van der Waals surface area contributed by atoms with E-state index in [4.69, 9.17) is 9.97 Å². The number of pyridine rings is 1. The van der Waals surface area contributed by atoms with Crippen molar-refractivity contribution in [1.29, 1.82) is 0 Å². The van der Waals surface area contributed by atoms with E-state index in [1.165, 1.54) is 55.6 Å². The minimum Gasteiger partial charge on any atom is -0.507 e. The molecule has 0 fully saturated rings. The molecule has 0 unspecified atom stereocenters. The topological polar surface area (TPSA) is 50.9 Å². The highest BCUT2D eigenvalue weighted by atomic mass is 16.3. The minimum atomic E-state index is 0.0122. The van der Waals surface area contributed by atoms with Gasteiger partial charge < -0.3 is 5.11 Å². The van der Waals surface area contributed by atoms with E-state index in [-0.39, 0.29) is 11.2 Å². The summed E-state index contributed by atoms with van der Waals surface area (Å²) in [5.41, 5.74) is 22.3. The van der Waals surface area contributed by atoms with Gasteiger partial charge in [0.05, 0.1) is 22.1 Å². The summed E-state index contributed by atoms with van der Waals surface area (Å²) in [7, 11) is 0. The van der Waals surface area contributed by atoms with Crippen molar-refractivity contribution in [2.45, 2.75) is 67.7 Å². The summed E-state index contributed by atoms with van der Waals surface area (Å²) in [4.78, 5) is 10.5. The number of aromatic hydroxyl groups is 1. The highest BCUT2D eigenvalue weighted by molar-refractivity contribution is 6.02. The van der Waals surface area contributed by atoms with E-state index in [1.807, 2.05) is 30.5 Å². The second-order valence-corrected chi connectivity index (χ2v) is 17.7. The van der Waals surface area contributed by atoms with E-state index < -0.39 is 0 Å². The lowest BCUT2D eigenvalue weighted by Gasteiger charge is -2.20. The number of imidazole rings is 1. The van der Waals surface area contributed by atoms with Gasteiger partial charge in [-0.1, -0.05) is 98.6 Å². The van der Waals surface area contributed by atoms with Crippen molar-refractivity contribution in [3.05, 3.63) is 179 Å². The first-order chi connectivity index (χ1) is 28.7. The summed E-state index contributed by atoms with van der Waals surface area (Å²) in [6, 6.07) is 47.6. The Kier molecular flexibility index (Phi) is 9.55. The number of fused-ring (bicyclic) bond motifs is 2. The number of benzene rings is 7. The molecule has 7 aromatic carbocycles. The van der Waals surface area contributed by atoms with Gasteiger partial charge >= 0.3 is 0 Å². The molecule has 0 aliphatic rings. The summed E-state index contributed by atoms with van der Waals surface area (Å²) < 4.78 is 2.19. The molecule has 0 saturated heterocycles. The zero-order valence-electron chi connectivity index (χ0n) is 36.1. The van der Waals surface area contributed by atoms with Gasteiger partial charge in [-0.25, -0.2) is 4.98 Å². The highest BCUT2D eigenvalue weighted by Crippen LogP contribution is 2.43. The van der Waals surface area contributed by atoms with E-state index in [0.29, 0.717) is 11.4 Å². The number of hydrogen-bond acceptors (Lipinski definition) is 3. The molecule has 0 atom stereocenters. The summed E-state index contributed by atoms with van der Waals surface area (Å²) >= 11 is 0. The Labute approximate surface area is 353 Å². The molecule has 9 rings (SSSR count). The van der Waals surface area contributed by atoms with Gasteiger partial charge in [0.15, 0.2) is 0 Å². The first-order valence-corrected chi connectivity index (χ1v) is 20.9. The number of para-hydroxylation sites is 2. The van der Waals surface area contributed by atoms with Crippen LogP contribution >= 0.6 is 0 Å². The van der Waals surface area contributed by atoms with Crippen LogP contribution in [-0.4, -0.2) is 19.6 Å². The maximum absolute atomic E-state index is 11.3. The predicted octanol–water partition coefficient (Wildman–Crippen LogP) is 14.8. The Hall–Kier alpha value is -6.78. The van der Waals surface area contributed by atoms with Crippen LogP contribution in [0.15, 0.2) is 140 Å². The SMILES string of the molecule is Cc1cc(C)c(-c2cc(-c3cc(-c4c(C)cc(C)cc4C)cc4cccnc34)cc(-c3cccc4c3nc(-c3ccccc3O)n4-c3ccc(C(C)(C)C)cc3)c2)c(C)c1. The van der Waals surface area contributed by atoms with Crippen LogP contribution in [0.1, 0.15) is 59.7 Å². The summed E-state index contributed by atoms with van der Waals surface area (Å²) in [6.45, 7) is 19.9. The molecule has 2 heterocycles. The van der Waals surface area contributed by atoms with E-state index in [0.717, 1.165) is 55.4 Å². The van der Waals surface area contributed by atoms with Gasteiger partial charge in [-0.2, -0.15) is 0 Å². The number of rotatable bonds is 6. The van der Waals surface area contributed by atoms with Crippen molar-refractivity contribution in [2.24, 2.45) is 0 Å². The van der Waals surface area contributed by atoms with Gasteiger partial charge in [0.25, 0.3) is 0 Å². The van der Waals surface area contributed by atoms with Crippen LogP contribution in [0.3, 0.4) is 0 Å². The second-order valence-electron chi connectivity index (χ2n) is 17.7. The molecule has 0 spiro atoms. The predicted molar refractivity (Wildman–Crippen MR) is 252 cm³/mol. The van der Waals surface area contributed by atoms with Gasteiger partial charge in [-0.3, -0.25) is 9.55 Å². The standard InChI is InChI=1S/C56H51N3O/c1-33-24-35(3)51(36(4)25-33)42-30-40(29-41(31-42)48-32-43(28-39-14-13-23-57-53(39)48)52-37(5)26-34(2)27-38(52)6)46-16-12-17-49-54(46)58-55(47-15-10-11-18-50(47)60)59(49)45-21-19-44(20-22-45)56(7,8)9/h10-32,60H,1-9H3. The maximum Gasteiger partial charge on any atom is 0.149 e. The van der Waals surface area contributed by atoms with Crippen LogP contribution in [-0.2, 0) is 5.41 Å². The van der Waals surface area contributed by atoms with Crippen LogP contribution in [0.4, 0.5) is 0 Å². The summed E-state index contributed by atoms with van der Waals surface area (Å²) in [6.07, 6.45) is 1.90. The summed E-state index contributed by atoms with van der Waals surface area (Å²) in [5.74, 6) is 0.877. The lowest BCUT2D eigenvalue weighted by Crippen LogP contribution is -2.11. The van der Waals surface area contributed by atoms with Crippen LogP contribution in [0.25, 0.3) is 83.5 Å². The molecule has 0 aliphatic carbocycles. The molecule has 9 aromatic rings. The van der Waals surface area contributed by atoms with Gasteiger partial charge in [-0.05, 0) is 175 Å². The van der Waals surface area contributed by atoms with Gasteiger partial charge in [0, 0.05) is 28.4 Å². The molecule has 0 aliphatic heterocycles. The van der Waals surface area contributed by atoms with E-state index in [9.17, 15) is 5.11 Å². The first-order valence-electron chi connectivity index (χ1n) is 20.9. The van der Waals surface area contributed by atoms with Crippen molar-refractivity contribution >= 4 is 21.9 Å². The number of nitrogens with zero attached hydrogens (tertiary/aromatic N) is 3. The lowest BCUT2D eigenvalue weighted by molar-refractivity contribution is 0.477. The smallest absolute Gasteiger partial charge is 0.149 e. The number of aromatic nitrogens is 3. The van der Waals surface area contributed by atoms with E-state index in [1.54, 1.807) is 6.07 Å². The molecule has 2 aromatic heterocycles. The third kappa shape index (κ3) is 6.86. The fraction of sp³-hybridized carbons (Fsp3) is 0.179. The third-order valence-corrected chi connectivity index (χ3v) is 12.0. The Morgan fingerprint density at radius 1 is 0.500 bits per heavy atom. The molecule has 4 heteroatoms. The molecule has 0 saturated carbocycles. The van der Waals surface area contributed by atoms with Crippen molar-refractivity contribution < 1.29 is 5.11 Å². The monoisotopic (exact) mass is 781 g/mol. The zero-order valence-corrected chi connectivity index (χ0v) is 36.1.